The molecule has 0 spiro atoms. The number of ether oxygens (including phenoxy) is 1. The number of nitrogens with zero attached hydrogens (tertiary/aromatic N) is 2. The van der Waals surface area contributed by atoms with Crippen LogP contribution in [-0.4, -0.2) is 56.8 Å². The van der Waals surface area contributed by atoms with Gasteiger partial charge in [0.25, 0.3) is 0 Å². The van der Waals surface area contributed by atoms with E-state index in [1.807, 2.05) is 32.9 Å². The Morgan fingerprint density at radius 2 is 1.78 bits per heavy atom. The molecular weight excluding hydrogens is 627 g/mol. The van der Waals surface area contributed by atoms with Gasteiger partial charge in [0.15, 0.2) is 0 Å². The summed E-state index contributed by atoms with van der Waals surface area (Å²) in [4.78, 5) is 32.9. The van der Waals surface area contributed by atoms with Crippen LogP contribution in [0.15, 0.2) is 67.0 Å². The molecule has 2 aliphatic rings. The van der Waals surface area contributed by atoms with Crippen LogP contribution < -0.4 is 10.0 Å². The first-order valence-electron chi connectivity index (χ1n) is 15.7. The molecule has 1 aliphatic heterocycles. The fourth-order valence-corrected chi connectivity index (χ4v) is 6.96. The molecule has 1 aromatic heterocycles. The van der Waals surface area contributed by atoms with Crippen molar-refractivity contribution >= 4 is 40.5 Å². The quantitative estimate of drug-likeness (QED) is 0.224. The van der Waals surface area contributed by atoms with E-state index in [0.29, 0.717) is 22.9 Å². The molecule has 2 amide bonds. The number of likely N-dealkylation sites (tertiary alicyclic amines) is 1. The van der Waals surface area contributed by atoms with E-state index >= 15 is 4.39 Å². The minimum Gasteiger partial charge on any atom is -0.598 e. The SMILES string of the molecule is CO[C@@H]1C[C@H](C(=O)Nc2cc([C@@](CCC3CC3)(N[S+]([O-])C(C)(C)C)c3ccncc3)ccc2F)N(C(=O)Cc2ccc(Cl)cc2)C1. The van der Waals surface area contributed by atoms with E-state index in [9.17, 15) is 14.1 Å². The molecule has 0 radical (unpaired) electrons. The summed E-state index contributed by atoms with van der Waals surface area (Å²) in [6.07, 6.45) is 7.23. The van der Waals surface area contributed by atoms with Gasteiger partial charge in [-0.3, -0.25) is 14.6 Å². The van der Waals surface area contributed by atoms with Gasteiger partial charge in [0, 0.05) is 48.9 Å². The van der Waals surface area contributed by atoms with Gasteiger partial charge in [-0.2, -0.15) is 0 Å². The second-order valence-corrected chi connectivity index (χ2v) is 15.7. The molecule has 246 valence electrons. The molecule has 1 unspecified atom stereocenters. The highest BCUT2D eigenvalue weighted by Crippen LogP contribution is 2.43. The second kappa shape index (κ2) is 14.4. The Hall–Kier alpha value is -3.02. The third-order valence-electron chi connectivity index (χ3n) is 8.83. The third kappa shape index (κ3) is 8.09. The van der Waals surface area contributed by atoms with Crippen LogP contribution in [0.4, 0.5) is 10.1 Å². The van der Waals surface area contributed by atoms with Gasteiger partial charge in [0.1, 0.15) is 22.1 Å². The Morgan fingerprint density at radius 1 is 1.09 bits per heavy atom. The summed E-state index contributed by atoms with van der Waals surface area (Å²) in [6, 6.07) is 14.5. The molecule has 11 heteroatoms. The van der Waals surface area contributed by atoms with Crippen molar-refractivity contribution in [2.75, 3.05) is 19.0 Å². The van der Waals surface area contributed by atoms with Crippen LogP contribution in [0.5, 0.6) is 0 Å². The molecule has 4 atom stereocenters. The van der Waals surface area contributed by atoms with Crippen LogP contribution in [-0.2, 0) is 37.6 Å². The standard InChI is InChI=1S/C35H42ClFN4O4S/c1-34(2,3)46(44)40-35(16-13-23-5-6-23,25-14-17-38-18-15-25)26-9-12-29(37)30(20-26)39-33(43)31-21-28(45-4)22-41(31)32(42)19-24-7-10-27(36)11-8-24/h7-12,14-15,17-18,20,23,28,31,40H,5-6,13,16,19,21-22H2,1-4H3,(H,39,43)/t28-,31-,35+,46?/m1/s1. The molecule has 2 heterocycles. The fourth-order valence-electron chi connectivity index (χ4n) is 5.87. The van der Waals surface area contributed by atoms with Crippen molar-refractivity contribution in [2.24, 2.45) is 5.92 Å². The van der Waals surface area contributed by atoms with Crippen LogP contribution in [0.2, 0.25) is 5.02 Å². The van der Waals surface area contributed by atoms with Gasteiger partial charge in [-0.05, 0) is 92.6 Å². The van der Waals surface area contributed by atoms with Gasteiger partial charge in [0.05, 0.1) is 18.2 Å². The zero-order valence-electron chi connectivity index (χ0n) is 26.7. The molecule has 2 N–H and O–H groups in total. The van der Waals surface area contributed by atoms with E-state index in [2.05, 4.69) is 15.0 Å². The maximum Gasteiger partial charge on any atom is 0.247 e. The Balaban J connectivity index is 1.45. The Bertz CT molecular complexity index is 1520. The lowest BCUT2D eigenvalue weighted by Crippen LogP contribution is -2.52. The maximum atomic E-state index is 15.5. The van der Waals surface area contributed by atoms with Gasteiger partial charge >= 0.3 is 0 Å². The Morgan fingerprint density at radius 3 is 2.41 bits per heavy atom. The average Bonchev–Trinajstić information content (AvgIpc) is 3.76. The monoisotopic (exact) mass is 668 g/mol. The van der Waals surface area contributed by atoms with Crippen molar-refractivity contribution in [3.05, 3.63) is 94.5 Å². The van der Waals surface area contributed by atoms with Crippen LogP contribution >= 0.6 is 11.6 Å². The lowest BCUT2D eigenvalue weighted by molar-refractivity contribution is -0.136. The summed E-state index contributed by atoms with van der Waals surface area (Å²) < 4.78 is 37.6. The summed E-state index contributed by atoms with van der Waals surface area (Å²) in [5.41, 5.74) is 1.34. The number of rotatable bonds is 12. The first kappa shape index (κ1) is 34.3. The maximum absolute atomic E-state index is 15.5. The molecule has 3 aromatic rings. The number of benzene rings is 2. The number of hydrogen-bond acceptors (Lipinski definition) is 6. The molecule has 2 fully saturated rings. The van der Waals surface area contributed by atoms with E-state index in [0.717, 1.165) is 30.4 Å². The average molecular weight is 669 g/mol. The predicted molar refractivity (Wildman–Crippen MR) is 179 cm³/mol. The molecule has 8 nitrogen and oxygen atoms in total. The highest BCUT2D eigenvalue weighted by molar-refractivity contribution is 7.90. The van der Waals surface area contributed by atoms with Crippen LogP contribution in [0.1, 0.15) is 69.6 Å². The lowest BCUT2D eigenvalue weighted by atomic mass is 9.79. The van der Waals surface area contributed by atoms with E-state index < -0.39 is 39.4 Å². The number of carbonyl (C=O) groups excluding carboxylic acids is 2. The van der Waals surface area contributed by atoms with Crippen molar-refractivity contribution < 1.29 is 23.3 Å². The lowest BCUT2D eigenvalue weighted by Gasteiger charge is -2.39. The van der Waals surface area contributed by atoms with Crippen LogP contribution in [0, 0.1) is 11.7 Å². The number of halogens is 2. The summed E-state index contributed by atoms with van der Waals surface area (Å²) >= 11 is 4.53. The number of nitrogens with one attached hydrogen (secondary N) is 2. The predicted octanol–water partition coefficient (Wildman–Crippen LogP) is 6.16. The first-order chi connectivity index (χ1) is 21.9. The van der Waals surface area contributed by atoms with Crippen molar-refractivity contribution in [2.45, 2.75) is 81.7 Å². The molecule has 1 aliphatic carbocycles. The molecule has 46 heavy (non-hydrogen) atoms. The second-order valence-electron chi connectivity index (χ2n) is 13.2. The highest BCUT2D eigenvalue weighted by atomic mass is 35.5. The molecule has 5 rings (SSSR count). The van der Waals surface area contributed by atoms with Gasteiger partial charge in [-0.15, -0.1) is 4.72 Å². The Labute approximate surface area is 278 Å². The van der Waals surface area contributed by atoms with Gasteiger partial charge < -0.3 is 19.5 Å². The molecule has 2 aromatic carbocycles. The number of amides is 2. The number of anilines is 1. The van der Waals surface area contributed by atoms with Gasteiger partial charge in [-0.25, -0.2) is 4.39 Å². The van der Waals surface area contributed by atoms with Crippen molar-refractivity contribution in [3.63, 3.8) is 0 Å². The Kier molecular flexibility index (Phi) is 10.7. The smallest absolute Gasteiger partial charge is 0.247 e. The summed E-state index contributed by atoms with van der Waals surface area (Å²) in [7, 11) is 1.55. The summed E-state index contributed by atoms with van der Waals surface area (Å²) in [5, 5.41) is 3.35. The highest BCUT2D eigenvalue weighted by Gasteiger charge is 2.44. The van der Waals surface area contributed by atoms with Crippen molar-refractivity contribution in [1.82, 2.24) is 14.6 Å². The largest absolute Gasteiger partial charge is 0.598 e. The number of aromatic nitrogens is 1. The normalized spacial score (nSPS) is 20.3. The number of hydrogen-bond donors (Lipinski definition) is 2. The summed E-state index contributed by atoms with van der Waals surface area (Å²) in [6.45, 7) is 5.96. The molecule has 0 bridgehead atoms. The van der Waals surface area contributed by atoms with Gasteiger partial charge in [0.2, 0.25) is 11.8 Å². The number of methoxy groups -OCH3 is 1. The van der Waals surface area contributed by atoms with Crippen molar-refractivity contribution in [3.8, 4) is 0 Å². The zero-order chi connectivity index (χ0) is 33.1. The number of carbonyl (C=O) groups is 2. The molecule has 1 saturated heterocycles. The summed E-state index contributed by atoms with van der Waals surface area (Å²) in [5.74, 6) is -0.765. The van der Waals surface area contributed by atoms with E-state index in [4.69, 9.17) is 16.3 Å². The minimum atomic E-state index is -1.48. The molecule has 1 saturated carbocycles. The van der Waals surface area contributed by atoms with Crippen molar-refractivity contribution in [1.29, 1.82) is 0 Å². The fraction of sp³-hybridized carbons (Fsp3) is 0.457. The third-order valence-corrected chi connectivity index (χ3v) is 10.7. The van der Waals surface area contributed by atoms with Crippen LogP contribution in [0.3, 0.4) is 0 Å². The first-order valence-corrected chi connectivity index (χ1v) is 17.2. The van der Waals surface area contributed by atoms with Gasteiger partial charge in [-0.1, -0.05) is 42.6 Å². The molecular formula is C35H42ClFN4O4S. The van der Waals surface area contributed by atoms with Crippen LogP contribution in [0.25, 0.3) is 0 Å². The van der Waals surface area contributed by atoms with E-state index in [-0.39, 0.29) is 37.1 Å². The number of pyridine rings is 1. The zero-order valence-corrected chi connectivity index (χ0v) is 28.3. The topological polar surface area (TPSA) is 107 Å². The minimum absolute atomic E-state index is 0.0124. The van der Waals surface area contributed by atoms with E-state index in [1.54, 1.807) is 55.9 Å². The van der Waals surface area contributed by atoms with E-state index in [1.165, 1.54) is 11.0 Å².